The number of aromatic nitrogens is 4. The quantitative estimate of drug-likeness (QED) is 0.617. The van der Waals surface area contributed by atoms with Gasteiger partial charge in [0.1, 0.15) is 0 Å². The van der Waals surface area contributed by atoms with Crippen LogP contribution in [0.1, 0.15) is 64.6 Å². The van der Waals surface area contributed by atoms with Gasteiger partial charge in [0, 0.05) is 13.0 Å². The second kappa shape index (κ2) is 10.00. The molecule has 0 aliphatic rings. The first-order chi connectivity index (χ1) is 8.86. The van der Waals surface area contributed by atoms with Crippen LogP contribution >= 0.6 is 0 Å². The average molecular weight is 254 g/mol. The SMILES string of the molecule is CCCCCCOC(CCCC)Cc1nn[nH]n1. The van der Waals surface area contributed by atoms with Crippen LogP contribution in [0.5, 0.6) is 0 Å². The number of hydrogen-bond donors (Lipinski definition) is 1. The van der Waals surface area contributed by atoms with E-state index >= 15 is 0 Å². The molecule has 1 atom stereocenters. The predicted molar refractivity (Wildman–Crippen MR) is 71.3 cm³/mol. The molecule has 18 heavy (non-hydrogen) atoms. The van der Waals surface area contributed by atoms with Gasteiger partial charge in [-0.05, 0) is 12.8 Å². The number of H-pyrrole nitrogens is 1. The van der Waals surface area contributed by atoms with Gasteiger partial charge in [0.25, 0.3) is 0 Å². The molecular weight excluding hydrogens is 228 g/mol. The fraction of sp³-hybridized carbons (Fsp3) is 0.923. The van der Waals surface area contributed by atoms with Crippen LogP contribution in [-0.4, -0.2) is 33.3 Å². The maximum Gasteiger partial charge on any atom is 0.177 e. The Balaban J connectivity index is 2.22. The molecule has 0 saturated heterocycles. The van der Waals surface area contributed by atoms with E-state index in [0.717, 1.165) is 31.7 Å². The lowest BCUT2D eigenvalue weighted by Gasteiger charge is -2.16. The largest absolute Gasteiger partial charge is 0.378 e. The summed E-state index contributed by atoms with van der Waals surface area (Å²) in [4.78, 5) is 0. The van der Waals surface area contributed by atoms with Crippen molar-refractivity contribution in [1.29, 1.82) is 0 Å². The van der Waals surface area contributed by atoms with Crippen molar-refractivity contribution in [3.05, 3.63) is 5.82 Å². The predicted octanol–water partition coefficient (Wildman–Crippen LogP) is 2.90. The molecule has 1 aromatic rings. The van der Waals surface area contributed by atoms with Crippen LogP contribution in [0.3, 0.4) is 0 Å². The summed E-state index contributed by atoms with van der Waals surface area (Å²) < 4.78 is 5.94. The fourth-order valence-electron chi connectivity index (χ4n) is 1.93. The molecule has 1 unspecified atom stereocenters. The Kier molecular flexibility index (Phi) is 8.38. The summed E-state index contributed by atoms with van der Waals surface area (Å²) in [5.74, 6) is 0.754. The second-order valence-electron chi connectivity index (χ2n) is 4.73. The number of unbranched alkanes of at least 4 members (excludes halogenated alkanes) is 4. The Morgan fingerprint density at radius 3 is 2.61 bits per heavy atom. The van der Waals surface area contributed by atoms with Crippen LogP contribution in [-0.2, 0) is 11.2 Å². The maximum absolute atomic E-state index is 5.94. The number of hydrogen-bond acceptors (Lipinski definition) is 4. The molecule has 0 fully saturated rings. The summed E-state index contributed by atoms with van der Waals surface area (Å²) in [6.07, 6.45) is 9.46. The van der Waals surface area contributed by atoms with E-state index in [1.165, 1.54) is 32.1 Å². The monoisotopic (exact) mass is 254 g/mol. The van der Waals surface area contributed by atoms with E-state index in [-0.39, 0.29) is 6.10 Å². The number of tetrazole rings is 1. The highest BCUT2D eigenvalue weighted by molar-refractivity contribution is 4.80. The van der Waals surface area contributed by atoms with Crippen molar-refractivity contribution in [2.45, 2.75) is 71.3 Å². The smallest absolute Gasteiger partial charge is 0.177 e. The lowest BCUT2D eigenvalue weighted by Crippen LogP contribution is -2.18. The molecule has 5 nitrogen and oxygen atoms in total. The first-order valence-electron chi connectivity index (χ1n) is 7.20. The standard InChI is InChI=1S/C13H26N4O/c1-3-5-7-8-10-18-12(9-6-4-2)11-13-14-16-17-15-13/h12H,3-11H2,1-2H3,(H,14,15,16,17). The molecule has 0 bridgehead atoms. The van der Waals surface area contributed by atoms with E-state index < -0.39 is 0 Å². The van der Waals surface area contributed by atoms with Crippen LogP contribution in [0.15, 0.2) is 0 Å². The minimum absolute atomic E-state index is 0.240. The Morgan fingerprint density at radius 1 is 1.11 bits per heavy atom. The number of rotatable bonds is 11. The first-order valence-corrected chi connectivity index (χ1v) is 7.20. The van der Waals surface area contributed by atoms with E-state index in [2.05, 4.69) is 34.5 Å². The van der Waals surface area contributed by atoms with Crippen LogP contribution < -0.4 is 0 Å². The van der Waals surface area contributed by atoms with Gasteiger partial charge in [-0.1, -0.05) is 51.2 Å². The lowest BCUT2D eigenvalue weighted by molar-refractivity contribution is 0.0424. The summed E-state index contributed by atoms with van der Waals surface area (Å²) in [5, 5.41) is 14.1. The van der Waals surface area contributed by atoms with Crippen LogP contribution in [0.25, 0.3) is 0 Å². The molecule has 0 aliphatic heterocycles. The van der Waals surface area contributed by atoms with Gasteiger partial charge in [0.2, 0.25) is 0 Å². The van der Waals surface area contributed by atoms with Crippen molar-refractivity contribution < 1.29 is 4.74 Å². The third-order valence-corrected chi connectivity index (χ3v) is 3.03. The molecule has 0 spiro atoms. The third-order valence-electron chi connectivity index (χ3n) is 3.03. The van der Waals surface area contributed by atoms with Gasteiger partial charge in [0.05, 0.1) is 6.10 Å². The minimum Gasteiger partial charge on any atom is -0.378 e. The molecule has 1 rings (SSSR count). The Bertz CT molecular complexity index is 277. The summed E-state index contributed by atoms with van der Waals surface area (Å²) in [7, 11) is 0. The molecule has 0 aliphatic carbocycles. The van der Waals surface area contributed by atoms with Gasteiger partial charge in [-0.25, -0.2) is 0 Å². The molecule has 1 N–H and O–H groups in total. The van der Waals surface area contributed by atoms with Crippen molar-refractivity contribution in [3.63, 3.8) is 0 Å². The summed E-state index contributed by atoms with van der Waals surface area (Å²) >= 11 is 0. The number of nitrogens with zero attached hydrogens (tertiary/aromatic N) is 3. The van der Waals surface area contributed by atoms with Crippen LogP contribution in [0.2, 0.25) is 0 Å². The van der Waals surface area contributed by atoms with Gasteiger partial charge in [0.15, 0.2) is 5.82 Å². The van der Waals surface area contributed by atoms with Gasteiger partial charge in [-0.2, -0.15) is 5.21 Å². The van der Waals surface area contributed by atoms with E-state index in [1.54, 1.807) is 0 Å². The zero-order chi connectivity index (χ0) is 13.1. The first kappa shape index (κ1) is 15.1. The van der Waals surface area contributed by atoms with Crippen molar-refractivity contribution in [3.8, 4) is 0 Å². The molecule has 0 radical (unpaired) electrons. The van der Waals surface area contributed by atoms with Gasteiger partial charge in [-0.15, -0.1) is 10.2 Å². The highest BCUT2D eigenvalue weighted by atomic mass is 16.5. The minimum atomic E-state index is 0.240. The Labute approximate surface area is 110 Å². The summed E-state index contributed by atoms with van der Waals surface area (Å²) in [5.41, 5.74) is 0. The van der Waals surface area contributed by atoms with E-state index in [4.69, 9.17) is 4.74 Å². The van der Waals surface area contributed by atoms with Crippen molar-refractivity contribution in [1.82, 2.24) is 20.6 Å². The van der Waals surface area contributed by atoms with Gasteiger partial charge < -0.3 is 4.74 Å². The maximum atomic E-state index is 5.94. The topological polar surface area (TPSA) is 63.7 Å². The second-order valence-corrected chi connectivity index (χ2v) is 4.73. The molecule has 0 saturated carbocycles. The normalized spacial score (nSPS) is 12.8. The Morgan fingerprint density at radius 2 is 1.94 bits per heavy atom. The molecule has 0 aromatic carbocycles. The lowest BCUT2D eigenvalue weighted by atomic mass is 10.1. The third kappa shape index (κ3) is 6.69. The van der Waals surface area contributed by atoms with E-state index in [0.29, 0.717) is 0 Å². The molecule has 104 valence electrons. The highest BCUT2D eigenvalue weighted by Gasteiger charge is 2.12. The van der Waals surface area contributed by atoms with Crippen LogP contribution in [0, 0.1) is 0 Å². The van der Waals surface area contributed by atoms with Gasteiger partial charge >= 0.3 is 0 Å². The number of nitrogens with one attached hydrogen (secondary N) is 1. The molecule has 1 heterocycles. The van der Waals surface area contributed by atoms with E-state index in [1.807, 2.05) is 0 Å². The van der Waals surface area contributed by atoms with Crippen molar-refractivity contribution in [2.24, 2.45) is 0 Å². The summed E-state index contributed by atoms with van der Waals surface area (Å²) in [6, 6.07) is 0. The Hall–Kier alpha value is -0.970. The van der Waals surface area contributed by atoms with Crippen LogP contribution in [0.4, 0.5) is 0 Å². The molecular formula is C13H26N4O. The molecule has 0 amide bonds. The van der Waals surface area contributed by atoms with Crippen molar-refractivity contribution >= 4 is 0 Å². The number of ether oxygens (including phenoxy) is 1. The zero-order valence-corrected chi connectivity index (χ0v) is 11.7. The molecule has 5 heteroatoms. The number of aromatic amines is 1. The zero-order valence-electron chi connectivity index (χ0n) is 11.7. The van der Waals surface area contributed by atoms with E-state index in [9.17, 15) is 0 Å². The highest BCUT2D eigenvalue weighted by Crippen LogP contribution is 2.10. The molecule has 1 aromatic heterocycles. The van der Waals surface area contributed by atoms with Crippen molar-refractivity contribution in [2.75, 3.05) is 6.61 Å². The fourth-order valence-corrected chi connectivity index (χ4v) is 1.93. The van der Waals surface area contributed by atoms with Gasteiger partial charge in [-0.3, -0.25) is 0 Å². The average Bonchev–Trinajstić information content (AvgIpc) is 2.88. The summed E-state index contributed by atoms with van der Waals surface area (Å²) in [6.45, 7) is 5.28.